The first-order valence-corrected chi connectivity index (χ1v) is 18.1. The lowest BCUT2D eigenvalue weighted by atomic mass is 9.95. The first-order valence-electron chi connectivity index (χ1n) is 14.9. The highest BCUT2D eigenvalue weighted by Crippen LogP contribution is 2.41. The Labute approximate surface area is 315 Å². The molecule has 13 nitrogen and oxygen atoms in total. The summed E-state index contributed by atoms with van der Waals surface area (Å²) >= 11 is 18.0. The Bertz CT molecular complexity index is 2450. The summed E-state index contributed by atoms with van der Waals surface area (Å²) in [6.45, 7) is 3.47. The fourth-order valence-electron chi connectivity index (χ4n) is 5.36. The van der Waals surface area contributed by atoms with Gasteiger partial charge in [-0.3, -0.25) is 24.6 Å². The molecule has 0 spiro atoms. The first-order chi connectivity index (χ1) is 24.4. The minimum atomic E-state index is -0.946. The molecule has 262 valence electrons. The Kier molecular flexibility index (Phi) is 10.7. The number of benzene rings is 3. The Morgan fingerprint density at radius 2 is 1.90 bits per heavy atom. The van der Waals surface area contributed by atoms with Gasteiger partial charge < -0.3 is 14.2 Å². The van der Waals surface area contributed by atoms with Crippen molar-refractivity contribution in [3.8, 4) is 22.9 Å². The van der Waals surface area contributed by atoms with Gasteiger partial charge in [0.2, 0.25) is 5.16 Å². The second-order valence-corrected chi connectivity index (χ2v) is 14.4. The van der Waals surface area contributed by atoms with E-state index in [0.29, 0.717) is 59.0 Å². The van der Waals surface area contributed by atoms with Gasteiger partial charge in [-0.15, -0.1) is 5.10 Å². The van der Waals surface area contributed by atoms with Crippen molar-refractivity contribution in [2.75, 3.05) is 20.8 Å². The van der Waals surface area contributed by atoms with Crippen molar-refractivity contribution in [2.45, 2.75) is 29.9 Å². The number of H-pyrrole nitrogens is 1. The number of nitrogens with zero attached hydrogens (tertiary/aromatic N) is 5. The summed E-state index contributed by atoms with van der Waals surface area (Å²) in [4.78, 5) is 48.8. The van der Waals surface area contributed by atoms with E-state index in [1.54, 1.807) is 62.4 Å². The molecule has 1 atom stereocenters. The molecule has 3 aromatic carbocycles. The van der Waals surface area contributed by atoms with Gasteiger partial charge in [0.05, 0.1) is 57.5 Å². The van der Waals surface area contributed by atoms with Crippen LogP contribution >= 0.6 is 62.2 Å². The van der Waals surface area contributed by atoms with Crippen LogP contribution in [-0.2, 0) is 9.53 Å². The van der Waals surface area contributed by atoms with Gasteiger partial charge in [0, 0.05) is 21.1 Å². The molecule has 18 heteroatoms. The molecule has 0 aliphatic carbocycles. The Morgan fingerprint density at radius 3 is 2.59 bits per heavy atom. The highest BCUT2D eigenvalue weighted by atomic mass is 79.9. The SMILES string of the molecule is CCOC(=O)C1=C(C)N=c2s/c(=C/c3ccc(Sc4n[nH]c(-c5ccc(Cl)cc5Cl)n4)c([N+](=O)[O-])c3)c(=O)n2[C@H]1c1cc(OC)c(OC)cc1Br. The topological polar surface area (TPSA) is 164 Å². The smallest absolute Gasteiger partial charge is 0.338 e. The number of fused-ring (bicyclic) bond motifs is 1. The number of thiazole rings is 1. The van der Waals surface area contributed by atoms with Crippen molar-refractivity contribution in [3.05, 3.63) is 115 Å². The Hall–Kier alpha value is -4.48. The molecule has 3 heterocycles. The maximum atomic E-state index is 14.2. The lowest BCUT2D eigenvalue weighted by Crippen LogP contribution is -2.40. The number of aromatic amines is 1. The molecule has 0 radical (unpaired) electrons. The zero-order chi connectivity index (χ0) is 36.6. The monoisotopic (exact) mass is 830 g/mol. The maximum Gasteiger partial charge on any atom is 0.338 e. The van der Waals surface area contributed by atoms with Gasteiger partial charge in [-0.1, -0.05) is 56.5 Å². The van der Waals surface area contributed by atoms with Crippen LogP contribution in [0.5, 0.6) is 11.5 Å². The van der Waals surface area contributed by atoms with E-state index >= 15 is 0 Å². The van der Waals surface area contributed by atoms with Crippen LogP contribution in [0.3, 0.4) is 0 Å². The standard InChI is InChI=1S/C33H25BrCl2N6O7S2/c1-5-49-31(44)27-15(2)37-33-41(28(27)19-13-23(47-3)24(48-4)14-20(19)34)30(43)26(51-33)11-16-6-9-25(22(10-16)42(45)46)50-32-38-29(39-40-32)18-8-7-17(35)12-21(18)36/h6-14,28H,5H2,1-4H3,(H,38,39,40)/b26-11+/t28-/m0/s1. The number of hydrogen-bond acceptors (Lipinski definition) is 12. The molecule has 1 aliphatic rings. The number of halogens is 3. The molecule has 0 amide bonds. The number of ether oxygens (including phenoxy) is 3. The second kappa shape index (κ2) is 15.0. The third kappa shape index (κ3) is 7.19. The van der Waals surface area contributed by atoms with E-state index in [0.717, 1.165) is 23.1 Å². The molecule has 6 rings (SSSR count). The number of esters is 1. The summed E-state index contributed by atoms with van der Waals surface area (Å²) in [5.41, 5.74) is 1.36. The van der Waals surface area contributed by atoms with Gasteiger partial charge >= 0.3 is 5.97 Å². The lowest BCUT2D eigenvalue weighted by molar-refractivity contribution is -0.387. The second-order valence-electron chi connectivity index (χ2n) is 10.7. The summed E-state index contributed by atoms with van der Waals surface area (Å²) in [7, 11) is 2.98. The van der Waals surface area contributed by atoms with Gasteiger partial charge in [-0.05, 0) is 79.2 Å². The normalized spacial score (nSPS) is 14.3. The molecule has 51 heavy (non-hydrogen) atoms. The average molecular weight is 833 g/mol. The van der Waals surface area contributed by atoms with Crippen molar-refractivity contribution < 1.29 is 23.9 Å². The van der Waals surface area contributed by atoms with Gasteiger partial charge in [0.15, 0.2) is 22.1 Å². The van der Waals surface area contributed by atoms with Crippen LogP contribution in [0, 0.1) is 10.1 Å². The van der Waals surface area contributed by atoms with Crippen LogP contribution in [0.1, 0.15) is 31.0 Å². The average Bonchev–Trinajstić information content (AvgIpc) is 3.67. The summed E-state index contributed by atoms with van der Waals surface area (Å²) in [6.07, 6.45) is 1.54. The predicted octanol–water partition coefficient (Wildman–Crippen LogP) is 6.73. The summed E-state index contributed by atoms with van der Waals surface area (Å²) in [5, 5.41) is 20.3. The fourth-order valence-corrected chi connectivity index (χ4v) is 8.24. The number of carbonyl (C=O) groups is 1. The van der Waals surface area contributed by atoms with Gasteiger partial charge in [0.25, 0.3) is 11.2 Å². The van der Waals surface area contributed by atoms with E-state index in [9.17, 15) is 19.7 Å². The van der Waals surface area contributed by atoms with Crippen molar-refractivity contribution in [1.82, 2.24) is 19.7 Å². The largest absolute Gasteiger partial charge is 0.493 e. The molecule has 0 saturated carbocycles. The van der Waals surface area contributed by atoms with E-state index in [4.69, 9.17) is 37.4 Å². The molecule has 0 fully saturated rings. The van der Waals surface area contributed by atoms with Crippen LogP contribution < -0.4 is 24.4 Å². The first kappa shape index (κ1) is 36.3. The molecule has 2 aromatic heterocycles. The van der Waals surface area contributed by atoms with Crippen LogP contribution in [0.2, 0.25) is 10.0 Å². The molecule has 0 unspecified atom stereocenters. The zero-order valence-electron chi connectivity index (χ0n) is 27.0. The van der Waals surface area contributed by atoms with Crippen molar-refractivity contribution >= 4 is 80.0 Å². The summed E-state index contributed by atoms with van der Waals surface area (Å²) in [5.74, 6) is 0.569. The quantitative estimate of drug-likeness (QED) is 0.0907. The summed E-state index contributed by atoms with van der Waals surface area (Å²) < 4.78 is 18.6. The fraction of sp³-hybridized carbons (Fsp3) is 0.182. The molecular formula is C33H25BrCl2N6O7S2. The summed E-state index contributed by atoms with van der Waals surface area (Å²) in [6, 6.07) is 11.9. The number of carbonyl (C=O) groups excluding carboxylic acids is 1. The Balaban J connectivity index is 1.41. The minimum Gasteiger partial charge on any atom is -0.493 e. The molecule has 1 N–H and O–H groups in total. The van der Waals surface area contributed by atoms with Crippen LogP contribution in [0.4, 0.5) is 5.69 Å². The van der Waals surface area contributed by atoms with Gasteiger partial charge in [-0.2, -0.15) is 0 Å². The number of aromatic nitrogens is 4. The molecule has 0 bridgehead atoms. The van der Waals surface area contributed by atoms with Crippen molar-refractivity contribution in [2.24, 2.45) is 4.99 Å². The van der Waals surface area contributed by atoms with Gasteiger partial charge in [-0.25, -0.2) is 14.8 Å². The van der Waals surface area contributed by atoms with Crippen LogP contribution in [0.25, 0.3) is 17.5 Å². The number of hydrogen-bond donors (Lipinski definition) is 1. The number of nitrogens with one attached hydrogen (secondary N) is 1. The Morgan fingerprint density at radius 1 is 1.16 bits per heavy atom. The number of methoxy groups -OCH3 is 2. The van der Waals surface area contributed by atoms with E-state index in [1.807, 2.05) is 0 Å². The predicted molar refractivity (Wildman–Crippen MR) is 197 cm³/mol. The third-order valence-electron chi connectivity index (χ3n) is 7.64. The van der Waals surface area contributed by atoms with E-state index in [2.05, 4.69) is 36.1 Å². The molecular weight excluding hydrogens is 807 g/mol. The number of rotatable bonds is 10. The minimum absolute atomic E-state index is 0.112. The van der Waals surface area contributed by atoms with Crippen LogP contribution in [0.15, 0.2) is 84.1 Å². The van der Waals surface area contributed by atoms with E-state index in [-0.39, 0.29) is 32.5 Å². The highest BCUT2D eigenvalue weighted by molar-refractivity contribution is 9.10. The number of nitro groups is 1. The van der Waals surface area contributed by atoms with Crippen LogP contribution in [-0.4, -0.2) is 51.5 Å². The zero-order valence-corrected chi connectivity index (χ0v) is 31.8. The van der Waals surface area contributed by atoms with E-state index in [1.165, 1.54) is 24.9 Å². The van der Waals surface area contributed by atoms with E-state index < -0.39 is 22.5 Å². The van der Waals surface area contributed by atoms with Gasteiger partial charge in [0.1, 0.15) is 0 Å². The maximum absolute atomic E-state index is 14.2. The molecule has 1 aliphatic heterocycles. The van der Waals surface area contributed by atoms with Crippen molar-refractivity contribution in [3.63, 3.8) is 0 Å². The number of allylic oxidation sites excluding steroid dienone is 1. The lowest BCUT2D eigenvalue weighted by Gasteiger charge is -2.26. The highest BCUT2D eigenvalue weighted by Gasteiger charge is 2.35. The third-order valence-corrected chi connectivity index (χ3v) is 10.8. The van der Waals surface area contributed by atoms with Crippen molar-refractivity contribution in [1.29, 1.82) is 0 Å². The molecule has 0 saturated heterocycles. The number of nitro benzene ring substituents is 1. The molecule has 5 aromatic rings.